The first kappa shape index (κ1) is 10.6. The van der Waals surface area contributed by atoms with Gasteiger partial charge in [-0.1, -0.05) is 12.5 Å². The van der Waals surface area contributed by atoms with E-state index in [0.717, 1.165) is 30.6 Å². The molecule has 0 N–H and O–H groups in total. The topological polar surface area (TPSA) is 27.0 Å². The molecule has 3 rings (SSSR count). The van der Waals surface area contributed by atoms with Crippen molar-refractivity contribution in [1.29, 1.82) is 5.26 Å². The lowest BCUT2D eigenvalue weighted by molar-refractivity contribution is 0.494. The van der Waals surface area contributed by atoms with Crippen molar-refractivity contribution in [1.82, 2.24) is 0 Å². The molecule has 0 radical (unpaired) electrons. The molecule has 1 saturated carbocycles. The fourth-order valence-electron chi connectivity index (χ4n) is 3.32. The first-order valence-electron chi connectivity index (χ1n) is 6.23. The number of hydrogen-bond acceptors (Lipinski definition) is 2. The molecule has 1 saturated heterocycles. The van der Waals surface area contributed by atoms with Gasteiger partial charge in [-0.2, -0.15) is 5.26 Å². The molecule has 88 valence electrons. The zero-order chi connectivity index (χ0) is 11.8. The summed E-state index contributed by atoms with van der Waals surface area (Å²) in [6.07, 6.45) is 3.91. The van der Waals surface area contributed by atoms with E-state index in [-0.39, 0.29) is 5.56 Å². The molecule has 2 unspecified atom stereocenters. The Labute approximate surface area is 101 Å². The summed E-state index contributed by atoms with van der Waals surface area (Å²) in [5, 5.41) is 9.05. The van der Waals surface area contributed by atoms with Gasteiger partial charge in [0.25, 0.3) is 0 Å². The Morgan fingerprint density at radius 2 is 1.94 bits per heavy atom. The van der Waals surface area contributed by atoms with Crippen LogP contribution in [0.2, 0.25) is 0 Å². The fraction of sp³-hybridized carbons (Fsp3) is 0.500. The number of nitriles is 1. The Kier molecular flexibility index (Phi) is 2.51. The molecule has 1 aromatic rings. The molecule has 1 aromatic carbocycles. The molecule has 1 aliphatic heterocycles. The molecule has 1 heterocycles. The number of rotatable bonds is 1. The van der Waals surface area contributed by atoms with Crippen molar-refractivity contribution >= 4 is 5.69 Å². The highest BCUT2D eigenvalue weighted by molar-refractivity contribution is 5.60. The Bertz CT molecular complexity index is 466. The average Bonchev–Trinajstić information content (AvgIpc) is 2.88. The summed E-state index contributed by atoms with van der Waals surface area (Å²) in [5.41, 5.74) is 0.981. The van der Waals surface area contributed by atoms with Crippen LogP contribution in [0.15, 0.2) is 18.2 Å². The summed E-state index contributed by atoms with van der Waals surface area (Å²) in [7, 11) is 0. The second kappa shape index (κ2) is 4.03. The number of hydrogen-bond donors (Lipinski definition) is 0. The molecular formula is C14H15FN2. The lowest BCUT2D eigenvalue weighted by Gasteiger charge is -2.20. The zero-order valence-corrected chi connectivity index (χ0v) is 9.69. The van der Waals surface area contributed by atoms with Crippen molar-refractivity contribution in [2.24, 2.45) is 11.8 Å². The van der Waals surface area contributed by atoms with Gasteiger partial charge in [-0.25, -0.2) is 4.39 Å². The Balaban J connectivity index is 1.91. The normalized spacial score (nSPS) is 26.9. The van der Waals surface area contributed by atoms with Gasteiger partial charge in [-0.3, -0.25) is 0 Å². The van der Waals surface area contributed by atoms with Gasteiger partial charge in [0.05, 0.1) is 5.69 Å². The third-order valence-electron chi connectivity index (χ3n) is 4.17. The third-order valence-corrected chi connectivity index (χ3v) is 4.17. The van der Waals surface area contributed by atoms with Gasteiger partial charge in [0.2, 0.25) is 0 Å². The third kappa shape index (κ3) is 1.68. The van der Waals surface area contributed by atoms with Gasteiger partial charge in [-0.05, 0) is 36.8 Å². The van der Waals surface area contributed by atoms with Crippen LogP contribution >= 0.6 is 0 Å². The van der Waals surface area contributed by atoms with Gasteiger partial charge in [-0.15, -0.1) is 0 Å². The van der Waals surface area contributed by atoms with E-state index < -0.39 is 5.82 Å². The average molecular weight is 230 g/mol. The van der Waals surface area contributed by atoms with E-state index in [1.165, 1.54) is 25.3 Å². The number of anilines is 1. The van der Waals surface area contributed by atoms with E-state index in [9.17, 15) is 4.39 Å². The predicted octanol–water partition coefficient (Wildman–Crippen LogP) is 2.93. The zero-order valence-electron chi connectivity index (χ0n) is 9.69. The van der Waals surface area contributed by atoms with Gasteiger partial charge >= 0.3 is 0 Å². The molecule has 17 heavy (non-hydrogen) atoms. The monoisotopic (exact) mass is 230 g/mol. The summed E-state index contributed by atoms with van der Waals surface area (Å²) in [5.74, 6) is 1.11. The van der Waals surface area contributed by atoms with Crippen molar-refractivity contribution < 1.29 is 4.39 Å². The second-order valence-corrected chi connectivity index (χ2v) is 5.10. The maximum atomic E-state index is 13.5. The summed E-state index contributed by atoms with van der Waals surface area (Å²) >= 11 is 0. The van der Waals surface area contributed by atoms with Gasteiger partial charge in [0.15, 0.2) is 0 Å². The molecule has 2 atom stereocenters. The van der Waals surface area contributed by atoms with Crippen LogP contribution in [-0.4, -0.2) is 13.1 Å². The standard InChI is InChI=1S/C14H15FN2/c15-13-5-2-6-14(12(13)7-16)17-8-10-3-1-4-11(10)9-17/h2,5-6,10-11H,1,3-4,8-9H2. The minimum Gasteiger partial charge on any atom is -0.370 e. The van der Waals surface area contributed by atoms with E-state index in [1.54, 1.807) is 6.07 Å². The maximum absolute atomic E-state index is 13.5. The van der Waals surface area contributed by atoms with E-state index in [2.05, 4.69) is 4.90 Å². The Morgan fingerprint density at radius 1 is 1.24 bits per heavy atom. The molecule has 2 fully saturated rings. The minimum atomic E-state index is -0.401. The van der Waals surface area contributed by atoms with Crippen molar-refractivity contribution in [3.8, 4) is 6.07 Å². The van der Waals surface area contributed by atoms with Crippen LogP contribution < -0.4 is 4.90 Å². The van der Waals surface area contributed by atoms with Crippen molar-refractivity contribution in [3.05, 3.63) is 29.6 Å². The van der Waals surface area contributed by atoms with Crippen LogP contribution in [0.1, 0.15) is 24.8 Å². The molecule has 0 amide bonds. The number of benzene rings is 1. The summed E-state index contributed by atoms with van der Waals surface area (Å²) in [4.78, 5) is 2.19. The van der Waals surface area contributed by atoms with Crippen LogP contribution in [0.25, 0.3) is 0 Å². The fourth-order valence-corrected chi connectivity index (χ4v) is 3.32. The van der Waals surface area contributed by atoms with E-state index in [1.807, 2.05) is 12.1 Å². The highest BCUT2D eigenvalue weighted by atomic mass is 19.1. The Morgan fingerprint density at radius 3 is 2.59 bits per heavy atom. The van der Waals surface area contributed by atoms with Gasteiger partial charge in [0, 0.05) is 13.1 Å². The maximum Gasteiger partial charge on any atom is 0.143 e. The summed E-state index contributed by atoms with van der Waals surface area (Å²) < 4.78 is 13.5. The van der Waals surface area contributed by atoms with Gasteiger partial charge < -0.3 is 4.90 Å². The van der Waals surface area contributed by atoms with Crippen molar-refractivity contribution in [2.45, 2.75) is 19.3 Å². The van der Waals surface area contributed by atoms with E-state index >= 15 is 0 Å². The summed E-state index contributed by atoms with van der Waals surface area (Å²) in [6.45, 7) is 1.98. The van der Waals surface area contributed by atoms with Crippen molar-refractivity contribution in [2.75, 3.05) is 18.0 Å². The molecule has 2 nitrogen and oxygen atoms in total. The molecule has 3 heteroatoms. The molecule has 0 aromatic heterocycles. The largest absolute Gasteiger partial charge is 0.370 e. The SMILES string of the molecule is N#Cc1c(F)cccc1N1CC2CCCC2C1. The molecule has 0 spiro atoms. The predicted molar refractivity (Wildman–Crippen MR) is 64.2 cm³/mol. The van der Waals surface area contributed by atoms with Gasteiger partial charge in [0.1, 0.15) is 17.4 Å². The lowest BCUT2D eigenvalue weighted by Crippen LogP contribution is -2.22. The summed E-state index contributed by atoms with van der Waals surface area (Å²) in [6, 6.07) is 6.91. The molecular weight excluding hydrogens is 215 g/mol. The first-order valence-corrected chi connectivity index (χ1v) is 6.23. The lowest BCUT2D eigenvalue weighted by atomic mass is 10.0. The quantitative estimate of drug-likeness (QED) is 0.741. The van der Waals surface area contributed by atoms with E-state index in [4.69, 9.17) is 5.26 Å². The van der Waals surface area contributed by atoms with E-state index in [0.29, 0.717) is 0 Å². The van der Waals surface area contributed by atoms with Crippen LogP contribution in [0.4, 0.5) is 10.1 Å². The minimum absolute atomic E-state index is 0.201. The Hall–Kier alpha value is -1.56. The molecule has 0 bridgehead atoms. The van der Waals surface area contributed by atoms with Crippen LogP contribution in [0.3, 0.4) is 0 Å². The van der Waals surface area contributed by atoms with Crippen LogP contribution in [0, 0.1) is 29.0 Å². The number of fused-ring (bicyclic) bond motifs is 1. The smallest absolute Gasteiger partial charge is 0.143 e. The molecule has 1 aliphatic carbocycles. The van der Waals surface area contributed by atoms with Crippen LogP contribution in [-0.2, 0) is 0 Å². The first-order chi connectivity index (χ1) is 8.29. The number of halogens is 1. The molecule has 2 aliphatic rings. The highest BCUT2D eigenvalue weighted by Gasteiger charge is 2.36. The van der Waals surface area contributed by atoms with Crippen LogP contribution in [0.5, 0.6) is 0 Å². The number of nitrogens with zero attached hydrogens (tertiary/aromatic N) is 2. The highest BCUT2D eigenvalue weighted by Crippen LogP contribution is 2.40. The second-order valence-electron chi connectivity index (χ2n) is 5.10. The van der Waals surface area contributed by atoms with Crippen molar-refractivity contribution in [3.63, 3.8) is 0 Å².